The molecule has 0 radical (unpaired) electrons. The third-order valence-electron chi connectivity index (χ3n) is 2.67. The van der Waals surface area contributed by atoms with E-state index in [2.05, 4.69) is 85.1 Å². The second-order valence-corrected chi connectivity index (χ2v) is 20.9. The van der Waals surface area contributed by atoms with Gasteiger partial charge >= 0.3 is 50.5 Å². The van der Waals surface area contributed by atoms with E-state index in [9.17, 15) is 0 Å². The van der Waals surface area contributed by atoms with Crippen molar-refractivity contribution in [2.24, 2.45) is 0 Å². The number of para-hydroxylation sites is 2. The van der Waals surface area contributed by atoms with Crippen LogP contribution in [-0.2, 0) is 0 Å². The van der Waals surface area contributed by atoms with E-state index < -0.39 is 0 Å². The second kappa shape index (κ2) is 8.17. The summed E-state index contributed by atoms with van der Waals surface area (Å²) in [7, 11) is 0. The number of hydrogen-bond acceptors (Lipinski definition) is 2. The normalized spacial score (nSPS) is 13.5. The maximum absolute atomic E-state index is 2.41. The van der Waals surface area contributed by atoms with E-state index in [1.54, 1.807) is 0 Å². The minimum absolute atomic E-state index is 0.410. The minimum atomic E-state index is 0.410. The number of anilines is 2. The average Bonchev–Trinajstić information content (AvgIpc) is 2.68. The van der Waals surface area contributed by atoms with E-state index in [1.807, 2.05) is 0 Å². The summed E-state index contributed by atoms with van der Waals surface area (Å²) in [5.41, 5.74) is 2.76. The summed E-state index contributed by atoms with van der Waals surface area (Å²) in [5.74, 6) is 0. The van der Waals surface area contributed by atoms with Crippen LogP contribution in [0.5, 0.6) is 0 Å². The van der Waals surface area contributed by atoms with Gasteiger partial charge in [-0.2, -0.15) is 0 Å². The summed E-state index contributed by atoms with van der Waals surface area (Å²) in [6.45, 7) is 7.64. The van der Waals surface area contributed by atoms with Crippen LogP contribution in [-0.4, -0.2) is 19.8 Å². The van der Waals surface area contributed by atoms with Gasteiger partial charge in [0.2, 0.25) is 0 Å². The molecule has 0 amide bonds. The monoisotopic (exact) mass is 558 g/mol. The van der Waals surface area contributed by atoms with Crippen molar-refractivity contribution in [1.29, 1.82) is 0 Å². The van der Waals surface area contributed by atoms with Crippen LogP contribution >= 0.6 is 50.5 Å². The predicted molar refractivity (Wildman–Crippen MR) is 101 cm³/mol. The number of nitrogens with zero attached hydrogens (tertiary/aromatic N) is 2. The average molecular weight is 558 g/mol. The Balaban J connectivity index is 0.000000386. The summed E-state index contributed by atoms with van der Waals surface area (Å²) < 4.78 is 0. The first-order chi connectivity index (χ1) is 7.78. The Morgan fingerprint density at radius 3 is 1.75 bits per heavy atom. The van der Waals surface area contributed by atoms with E-state index >= 15 is 0 Å². The topological polar surface area (TPSA) is 6.48 Å². The van der Waals surface area contributed by atoms with Crippen molar-refractivity contribution >= 4 is 61.9 Å². The van der Waals surface area contributed by atoms with Gasteiger partial charge in [0, 0.05) is 13.1 Å². The molecule has 0 atom stereocenters. The summed E-state index contributed by atoms with van der Waals surface area (Å²) in [6, 6.07) is 8.63. The second-order valence-electron chi connectivity index (χ2n) is 3.40. The molecule has 0 saturated carbocycles. The Kier molecular flexibility index (Phi) is 7.70. The molecule has 92 valence electrons. The van der Waals surface area contributed by atoms with Crippen molar-refractivity contribution in [3.8, 4) is 0 Å². The molecule has 0 aromatic heterocycles. The molecule has 0 fully saturated rings. The first kappa shape index (κ1) is 15.1. The Morgan fingerprint density at radius 1 is 1.06 bits per heavy atom. The van der Waals surface area contributed by atoms with Crippen LogP contribution in [0.25, 0.3) is 0 Å². The molecular formula is C11H17I3N2. The van der Waals surface area contributed by atoms with Gasteiger partial charge in [0.1, 0.15) is 0 Å². The molecule has 0 aliphatic carbocycles. The van der Waals surface area contributed by atoms with Gasteiger partial charge < -0.3 is 9.80 Å². The van der Waals surface area contributed by atoms with Crippen LogP contribution in [0, 0.1) is 0 Å². The van der Waals surface area contributed by atoms with E-state index in [-0.39, 0.29) is 0 Å². The van der Waals surface area contributed by atoms with Gasteiger partial charge in [0.05, 0.1) is 18.0 Å². The molecule has 5 heteroatoms. The third-order valence-corrected chi connectivity index (χ3v) is 2.67. The number of fused-ring (bicyclic) bond motifs is 1. The molecule has 0 saturated heterocycles. The van der Waals surface area contributed by atoms with Crippen LogP contribution < -0.4 is 9.80 Å². The van der Waals surface area contributed by atoms with E-state index in [1.165, 1.54) is 11.4 Å². The molecule has 0 bridgehead atoms. The Labute approximate surface area is 128 Å². The molecule has 16 heavy (non-hydrogen) atoms. The van der Waals surface area contributed by atoms with Gasteiger partial charge in [-0.1, -0.05) is 12.1 Å². The van der Waals surface area contributed by atoms with Crippen molar-refractivity contribution in [3.63, 3.8) is 0 Å². The quantitative estimate of drug-likeness (QED) is 0.487. The van der Waals surface area contributed by atoms with Gasteiger partial charge in [-0.3, -0.25) is 0 Å². The van der Waals surface area contributed by atoms with Gasteiger partial charge in [-0.05, 0) is 26.0 Å². The van der Waals surface area contributed by atoms with Crippen molar-refractivity contribution in [2.45, 2.75) is 13.8 Å². The van der Waals surface area contributed by atoms with Gasteiger partial charge in [-0.25, -0.2) is 0 Å². The number of benzene rings is 1. The van der Waals surface area contributed by atoms with Crippen molar-refractivity contribution < 1.29 is 0 Å². The molecule has 1 heterocycles. The summed E-state index contributed by atoms with van der Waals surface area (Å²) >= 11 is 5.22. The number of halogens is 3. The summed E-state index contributed by atoms with van der Waals surface area (Å²) in [6.07, 6.45) is 0. The molecule has 0 unspecified atom stereocenters. The SMILES string of the molecule is CCN1CN(CC)c2ccccc21.I[IH]I. The Morgan fingerprint density at radius 2 is 1.44 bits per heavy atom. The number of rotatable bonds is 2. The Hall–Kier alpha value is 1.01. The van der Waals surface area contributed by atoms with Crippen molar-refractivity contribution in [3.05, 3.63) is 24.3 Å². The van der Waals surface area contributed by atoms with E-state index in [0.29, 0.717) is 13.3 Å². The molecular weight excluding hydrogens is 541 g/mol. The van der Waals surface area contributed by atoms with E-state index in [4.69, 9.17) is 0 Å². The van der Waals surface area contributed by atoms with Crippen LogP contribution in [0.15, 0.2) is 24.3 Å². The zero-order chi connectivity index (χ0) is 12.0. The third kappa shape index (κ3) is 3.76. The summed E-state index contributed by atoms with van der Waals surface area (Å²) in [5, 5.41) is 0. The van der Waals surface area contributed by atoms with Crippen LogP contribution in [0.3, 0.4) is 0 Å². The molecule has 2 rings (SSSR count). The van der Waals surface area contributed by atoms with Crippen molar-refractivity contribution in [1.82, 2.24) is 0 Å². The molecule has 2 nitrogen and oxygen atoms in total. The molecule has 1 aromatic carbocycles. The standard InChI is InChI=1S/C11H16N2.HI3/c1-3-12-9-13(4-2)11-8-6-5-7-10(11)12;1-3-2/h5-8H,3-4,9H2,1-2H3;3H. The maximum atomic E-state index is 2.41. The Bertz CT molecular complexity index is 291. The van der Waals surface area contributed by atoms with Gasteiger partial charge in [-0.15, -0.1) is 0 Å². The first-order valence-electron chi connectivity index (χ1n) is 5.26. The summed E-state index contributed by atoms with van der Waals surface area (Å²) in [4.78, 5) is 4.80. The molecule has 0 spiro atoms. The van der Waals surface area contributed by atoms with Crippen LogP contribution in [0.2, 0.25) is 0 Å². The van der Waals surface area contributed by atoms with Crippen LogP contribution in [0.4, 0.5) is 11.4 Å². The fourth-order valence-corrected chi connectivity index (χ4v) is 1.90. The number of hydrogen-bond donors (Lipinski definition) is 0. The van der Waals surface area contributed by atoms with Gasteiger partial charge in [0.15, 0.2) is 0 Å². The fourth-order valence-electron chi connectivity index (χ4n) is 1.90. The van der Waals surface area contributed by atoms with Crippen molar-refractivity contribution in [2.75, 3.05) is 29.6 Å². The van der Waals surface area contributed by atoms with E-state index in [0.717, 1.165) is 19.8 Å². The molecule has 1 aliphatic rings. The van der Waals surface area contributed by atoms with Crippen LogP contribution in [0.1, 0.15) is 13.8 Å². The first-order valence-corrected chi connectivity index (χ1v) is 18.8. The predicted octanol–water partition coefficient (Wildman–Crippen LogP) is 4.70. The molecule has 0 N–H and O–H groups in total. The fraction of sp³-hybridized carbons (Fsp3) is 0.455. The molecule has 1 aromatic rings. The van der Waals surface area contributed by atoms with Gasteiger partial charge in [0.25, 0.3) is 0 Å². The zero-order valence-electron chi connectivity index (χ0n) is 9.49. The zero-order valence-corrected chi connectivity index (χ0v) is 16.1. The molecule has 1 aliphatic heterocycles.